The van der Waals surface area contributed by atoms with Crippen molar-refractivity contribution < 1.29 is 4.79 Å². The van der Waals surface area contributed by atoms with Crippen molar-refractivity contribution in [3.8, 4) is 0 Å². The topological polar surface area (TPSA) is 23.6 Å². The second kappa shape index (κ2) is 6.01. The number of likely N-dealkylation sites (tertiary alicyclic amines) is 1. The summed E-state index contributed by atoms with van der Waals surface area (Å²) < 4.78 is 0. The van der Waals surface area contributed by atoms with Gasteiger partial charge in [-0.1, -0.05) is 29.8 Å². The van der Waals surface area contributed by atoms with E-state index in [0.717, 1.165) is 19.5 Å². The SMILES string of the molecule is CC(C)C(Br)C(=O)N(C)C1CCCN(C)C1. The van der Waals surface area contributed by atoms with Gasteiger partial charge < -0.3 is 9.80 Å². The Balaban J connectivity index is 2.55. The molecule has 0 bridgehead atoms. The Kier molecular flexibility index (Phi) is 5.25. The van der Waals surface area contributed by atoms with E-state index in [4.69, 9.17) is 0 Å². The first-order chi connectivity index (χ1) is 7.43. The van der Waals surface area contributed by atoms with Gasteiger partial charge in [0.15, 0.2) is 0 Å². The summed E-state index contributed by atoms with van der Waals surface area (Å²) in [6.07, 6.45) is 2.32. The number of piperidine rings is 1. The first-order valence-corrected chi connectivity index (χ1v) is 6.94. The lowest BCUT2D eigenvalue weighted by atomic mass is 10.0. The molecule has 1 aliphatic rings. The van der Waals surface area contributed by atoms with Crippen LogP contribution in [0.3, 0.4) is 0 Å². The number of carbonyl (C=O) groups excluding carboxylic acids is 1. The van der Waals surface area contributed by atoms with E-state index in [1.165, 1.54) is 6.42 Å². The molecule has 4 heteroatoms. The largest absolute Gasteiger partial charge is 0.341 e. The zero-order valence-electron chi connectivity index (χ0n) is 10.7. The maximum atomic E-state index is 12.2. The third-order valence-corrected chi connectivity index (χ3v) is 4.77. The standard InChI is InChI=1S/C12H23BrN2O/c1-9(2)11(13)12(16)15(4)10-6-5-7-14(3)8-10/h9-11H,5-8H2,1-4H3. The van der Waals surface area contributed by atoms with Gasteiger partial charge in [-0.15, -0.1) is 0 Å². The molecule has 1 heterocycles. The molecule has 2 unspecified atom stereocenters. The second-order valence-electron chi connectivity index (χ2n) is 5.15. The lowest BCUT2D eigenvalue weighted by molar-refractivity contribution is -0.132. The molecule has 0 aromatic heterocycles. The molecule has 0 saturated carbocycles. The Morgan fingerprint density at radius 1 is 1.50 bits per heavy atom. The molecule has 94 valence electrons. The highest BCUT2D eigenvalue weighted by Gasteiger charge is 2.29. The number of amides is 1. The summed E-state index contributed by atoms with van der Waals surface area (Å²) in [5.74, 6) is 0.562. The fourth-order valence-corrected chi connectivity index (χ4v) is 2.44. The van der Waals surface area contributed by atoms with Crippen molar-refractivity contribution >= 4 is 21.8 Å². The van der Waals surface area contributed by atoms with E-state index >= 15 is 0 Å². The highest BCUT2D eigenvalue weighted by atomic mass is 79.9. The minimum absolute atomic E-state index is 0.0512. The van der Waals surface area contributed by atoms with E-state index < -0.39 is 0 Å². The van der Waals surface area contributed by atoms with Gasteiger partial charge >= 0.3 is 0 Å². The molecule has 1 rings (SSSR count). The molecule has 1 aliphatic heterocycles. The van der Waals surface area contributed by atoms with E-state index in [2.05, 4.69) is 41.7 Å². The van der Waals surface area contributed by atoms with Crippen molar-refractivity contribution in [2.75, 3.05) is 27.2 Å². The Morgan fingerprint density at radius 3 is 2.62 bits per heavy atom. The molecule has 2 atom stereocenters. The van der Waals surface area contributed by atoms with Crippen molar-refractivity contribution in [2.24, 2.45) is 5.92 Å². The molecule has 0 aliphatic carbocycles. The van der Waals surface area contributed by atoms with Crippen LogP contribution in [0.1, 0.15) is 26.7 Å². The fraction of sp³-hybridized carbons (Fsp3) is 0.917. The molecule has 0 radical (unpaired) electrons. The first kappa shape index (κ1) is 14.0. The number of likely N-dealkylation sites (N-methyl/N-ethyl adjacent to an activating group) is 2. The van der Waals surface area contributed by atoms with Gasteiger partial charge in [0, 0.05) is 19.6 Å². The highest BCUT2D eigenvalue weighted by molar-refractivity contribution is 9.10. The van der Waals surface area contributed by atoms with E-state index in [1.807, 2.05) is 11.9 Å². The van der Waals surface area contributed by atoms with Crippen molar-refractivity contribution in [3.63, 3.8) is 0 Å². The minimum Gasteiger partial charge on any atom is -0.341 e. The molecule has 0 spiro atoms. The zero-order chi connectivity index (χ0) is 12.3. The number of hydrogen-bond acceptors (Lipinski definition) is 2. The summed E-state index contributed by atoms with van der Waals surface area (Å²) >= 11 is 3.49. The molecule has 1 amide bonds. The maximum absolute atomic E-state index is 12.2. The summed E-state index contributed by atoms with van der Waals surface area (Å²) in [6, 6.07) is 0.380. The van der Waals surface area contributed by atoms with Crippen molar-refractivity contribution in [1.82, 2.24) is 9.80 Å². The average molecular weight is 291 g/mol. The van der Waals surface area contributed by atoms with Crippen LogP contribution in [0.2, 0.25) is 0 Å². The molecular weight excluding hydrogens is 268 g/mol. The van der Waals surface area contributed by atoms with Crippen LogP contribution in [-0.4, -0.2) is 53.8 Å². The number of alkyl halides is 1. The van der Waals surface area contributed by atoms with Gasteiger partial charge in [-0.3, -0.25) is 4.79 Å². The van der Waals surface area contributed by atoms with Gasteiger partial charge in [0.25, 0.3) is 0 Å². The summed E-state index contributed by atoms with van der Waals surface area (Å²) in [5, 5.41) is 0. The summed E-state index contributed by atoms with van der Waals surface area (Å²) in [6.45, 7) is 6.29. The van der Waals surface area contributed by atoms with Gasteiger partial charge in [-0.05, 0) is 32.4 Å². The first-order valence-electron chi connectivity index (χ1n) is 6.02. The minimum atomic E-state index is -0.0512. The second-order valence-corrected chi connectivity index (χ2v) is 6.14. The predicted octanol–water partition coefficient (Wildman–Crippen LogP) is 1.96. The summed E-state index contributed by atoms with van der Waals surface area (Å²) in [5.41, 5.74) is 0. The van der Waals surface area contributed by atoms with Crippen LogP contribution in [0.25, 0.3) is 0 Å². The van der Waals surface area contributed by atoms with Gasteiger partial charge in [-0.2, -0.15) is 0 Å². The molecule has 1 fully saturated rings. The number of nitrogens with zero attached hydrogens (tertiary/aromatic N) is 2. The van der Waals surface area contributed by atoms with Crippen LogP contribution in [-0.2, 0) is 4.79 Å². The lowest BCUT2D eigenvalue weighted by Crippen LogP contribution is -2.49. The Bertz CT molecular complexity index is 245. The van der Waals surface area contributed by atoms with Crippen LogP contribution in [0, 0.1) is 5.92 Å². The van der Waals surface area contributed by atoms with E-state index in [1.54, 1.807) is 0 Å². The third-order valence-electron chi connectivity index (χ3n) is 3.32. The van der Waals surface area contributed by atoms with Crippen LogP contribution >= 0.6 is 15.9 Å². The van der Waals surface area contributed by atoms with Gasteiger partial charge in [-0.25, -0.2) is 0 Å². The van der Waals surface area contributed by atoms with E-state index in [-0.39, 0.29) is 10.7 Å². The molecule has 0 aromatic rings. The molecule has 3 nitrogen and oxygen atoms in total. The monoisotopic (exact) mass is 290 g/mol. The van der Waals surface area contributed by atoms with Crippen molar-refractivity contribution in [3.05, 3.63) is 0 Å². The van der Waals surface area contributed by atoms with Crippen molar-refractivity contribution in [2.45, 2.75) is 37.6 Å². The quantitative estimate of drug-likeness (QED) is 0.742. The number of carbonyl (C=O) groups is 1. The predicted molar refractivity (Wildman–Crippen MR) is 70.8 cm³/mol. The molecular formula is C12H23BrN2O. The Labute approximate surface area is 107 Å². The highest BCUT2D eigenvalue weighted by Crippen LogP contribution is 2.19. The molecule has 16 heavy (non-hydrogen) atoms. The number of hydrogen-bond donors (Lipinski definition) is 0. The molecule has 0 N–H and O–H groups in total. The number of rotatable bonds is 3. The van der Waals surface area contributed by atoms with Gasteiger partial charge in [0.2, 0.25) is 5.91 Å². The van der Waals surface area contributed by atoms with Gasteiger partial charge in [0.1, 0.15) is 0 Å². The number of halogens is 1. The van der Waals surface area contributed by atoms with Crippen LogP contribution in [0.4, 0.5) is 0 Å². The molecule has 1 saturated heterocycles. The summed E-state index contributed by atoms with van der Waals surface area (Å²) in [4.78, 5) is 16.3. The normalized spacial score (nSPS) is 24.5. The molecule has 0 aromatic carbocycles. The Morgan fingerprint density at radius 2 is 2.12 bits per heavy atom. The Hall–Kier alpha value is -0.0900. The van der Waals surface area contributed by atoms with Crippen molar-refractivity contribution in [1.29, 1.82) is 0 Å². The smallest absolute Gasteiger partial charge is 0.236 e. The maximum Gasteiger partial charge on any atom is 0.236 e. The van der Waals surface area contributed by atoms with Crippen LogP contribution in [0.15, 0.2) is 0 Å². The van der Waals surface area contributed by atoms with E-state index in [0.29, 0.717) is 12.0 Å². The summed E-state index contributed by atoms with van der Waals surface area (Å²) in [7, 11) is 4.06. The van der Waals surface area contributed by atoms with Gasteiger partial charge in [0.05, 0.1) is 4.83 Å². The van der Waals surface area contributed by atoms with E-state index in [9.17, 15) is 4.79 Å². The third kappa shape index (κ3) is 3.45. The fourth-order valence-electron chi connectivity index (χ4n) is 2.11. The average Bonchev–Trinajstić information content (AvgIpc) is 2.26. The van der Waals surface area contributed by atoms with Crippen LogP contribution in [0.5, 0.6) is 0 Å². The lowest BCUT2D eigenvalue weighted by Gasteiger charge is -2.37. The van der Waals surface area contributed by atoms with Crippen LogP contribution < -0.4 is 0 Å². The zero-order valence-corrected chi connectivity index (χ0v) is 12.3.